The Bertz CT molecular complexity index is 656. The molecule has 1 atom stereocenters. The lowest BCUT2D eigenvalue weighted by Gasteiger charge is -2.31. The first-order valence-corrected chi connectivity index (χ1v) is 7.64. The summed E-state index contributed by atoms with van der Waals surface area (Å²) in [6, 6.07) is 5.35. The summed E-state index contributed by atoms with van der Waals surface area (Å²) in [5.41, 5.74) is 1.49. The molecule has 1 aliphatic rings. The van der Waals surface area contributed by atoms with Crippen LogP contribution in [0.4, 0.5) is 0 Å². The average molecular weight is 315 g/mol. The molecule has 1 fully saturated rings. The number of ether oxygens (including phenoxy) is 1. The van der Waals surface area contributed by atoms with Gasteiger partial charge in [0.2, 0.25) is 0 Å². The molecule has 1 aliphatic heterocycles. The van der Waals surface area contributed by atoms with Crippen molar-refractivity contribution in [2.45, 2.75) is 12.6 Å². The molecule has 0 radical (unpaired) electrons. The number of hydrogen-bond acceptors (Lipinski definition) is 5. The van der Waals surface area contributed by atoms with Crippen LogP contribution in [0.1, 0.15) is 28.1 Å². The molecule has 0 saturated carbocycles. The number of aromatic nitrogens is 3. The molecular weight excluding hydrogens is 294 g/mol. The number of imidazole rings is 1. The highest BCUT2D eigenvalue weighted by atomic mass is 16.5. The van der Waals surface area contributed by atoms with Crippen molar-refractivity contribution in [1.82, 2.24) is 24.8 Å². The number of carbonyl (C=O) groups excluding carboxylic acids is 1. The summed E-state index contributed by atoms with van der Waals surface area (Å²) < 4.78 is 5.78. The maximum atomic E-state index is 12.5. The normalized spacial score (nSPS) is 18.4. The maximum Gasteiger partial charge on any atom is 0.272 e. The van der Waals surface area contributed by atoms with E-state index in [0.29, 0.717) is 25.4 Å². The number of morpholine rings is 1. The van der Waals surface area contributed by atoms with Gasteiger partial charge in [0, 0.05) is 31.2 Å². The number of pyridine rings is 1. The van der Waals surface area contributed by atoms with Crippen molar-refractivity contribution in [2.24, 2.45) is 0 Å². The van der Waals surface area contributed by atoms with E-state index in [1.54, 1.807) is 23.2 Å². The number of nitrogens with one attached hydrogen (secondary N) is 1. The molecule has 0 aromatic carbocycles. The summed E-state index contributed by atoms with van der Waals surface area (Å²) >= 11 is 0. The molecule has 0 spiro atoms. The van der Waals surface area contributed by atoms with Crippen LogP contribution in [0.3, 0.4) is 0 Å². The van der Waals surface area contributed by atoms with Crippen molar-refractivity contribution in [3.05, 3.63) is 47.8 Å². The number of rotatable bonds is 4. The molecule has 0 unspecified atom stereocenters. The molecule has 23 heavy (non-hydrogen) atoms. The van der Waals surface area contributed by atoms with E-state index < -0.39 is 0 Å². The van der Waals surface area contributed by atoms with Crippen molar-refractivity contribution >= 4 is 5.91 Å². The quantitative estimate of drug-likeness (QED) is 0.914. The number of nitrogens with zero attached hydrogens (tertiary/aromatic N) is 4. The lowest BCUT2D eigenvalue weighted by molar-refractivity contribution is -0.0266. The minimum Gasteiger partial charge on any atom is -0.367 e. The summed E-state index contributed by atoms with van der Waals surface area (Å²) in [5, 5.41) is 0. The summed E-state index contributed by atoms with van der Waals surface area (Å²) in [6.45, 7) is 2.32. The van der Waals surface area contributed by atoms with Crippen LogP contribution in [0.25, 0.3) is 0 Å². The van der Waals surface area contributed by atoms with Gasteiger partial charge in [-0.25, -0.2) is 4.98 Å². The van der Waals surface area contributed by atoms with Crippen molar-refractivity contribution < 1.29 is 9.53 Å². The summed E-state index contributed by atoms with van der Waals surface area (Å²) in [7, 11) is 4.01. The zero-order valence-electron chi connectivity index (χ0n) is 13.4. The Balaban J connectivity index is 1.68. The Hall–Kier alpha value is -2.25. The van der Waals surface area contributed by atoms with E-state index in [0.717, 1.165) is 18.1 Å². The molecule has 2 aromatic heterocycles. The second-order valence-corrected chi connectivity index (χ2v) is 5.86. The Morgan fingerprint density at radius 1 is 1.43 bits per heavy atom. The zero-order chi connectivity index (χ0) is 16.2. The molecule has 1 saturated heterocycles. The topological polar surface area (TPSA) is 74.3 Å². The van der Waals surface area contributed by atoms with Crippen LogP contribution in [-0.4, -0.2) is 64.5 Å². The second kappa shape index (κ2) is 6.89. The summed E-state index contributed by atoms with van der Waals surface area (Å²) in [6.07, 6.45) is 3.22. The smallest absolute Gasteiger partial charge is 0.272 e. The zero-order valence-corrected chi connectivity index (χ0v) is 13.4. The van der Waals surface area contributed by atoms with Gasteiger partial charge in [-0.1, -0.05) is 6.07 Å². The molecule has 1 amide bonds. The number of carbonyl (C=O) groups is 1. The molecule has 0 bridgehead atoms. The second-order valence-electron chi connectivity index (χ2n) is 5.86. The van der Waals surface area contributed by atoms with E-state index in [-0.39, 0.29) is 12.0 Å². The minimum absolute atomic E-state index is 0.0704. The van der Waals surface area contributed by atoms with E-state index in [2.05, 4.69) is 19.9 Å². The predicted octanol–water partition coefficient (Wildman–Crippen LogP) is 1.08. The first-order chi connectivity index (χ1) is 11.1. The lowest BCUT2D eigenvalue weighted by atomic mass is 10.2. The maximum absolute atomic E-state index is 12.5. The Kier molecular flexibility index (Phi) is 4.68. The molecule has 2 aromatic rings. The third-order valence-electron chi connectivity index (χ3n) is 3.68. The third kappa shape index (κ3) is 3.75. The summed E-state index contributed by atoms with van der Waals surface area (Å²) in [5.74, 6) is 0.694. The van der Waals surface area contributed by atoms with Crippen LogP contribution < -0.4 is 0 Å². The number of aromatic amines is 1. The van der Waals surface area contributed by atoms with E-state index in [1.165, 1.54) is 0 Å². The lowest BCUT2D eigenvalue weighted by Crippen LogP contribution is -2.42. The molecule has 3 rings (SSSR count). The van der Waals surface area contributed by atoms with E-state index >= 15 is 0 Å². The molecule has 7 nitrogen and oxygen atoms in total. The number of H-pyrrole nitrogens is 1. The van der Waals surface area contributed by atoms with E-state index in [4.69, 9.17) is 4.74 Å². The van der Waals surface area contributed by atoms with E-state index in [1.807, 2.05) is 26.4 Å². The van der Waals surface area contributed by atoms with Gasteiger partial charge >= 0.3 is 0 Å². The van der Waals surface area contributed by atoms with Crippen LogP contribution in [0.5, 0.6) is 0 Å². The highest BCUT2D eigenvalue weighted by Gasteiger charge is 2.28. The standard InChI is InChI=1S/C16H21N5O2/c1-20(2)10-12-9-18-15(19-12)14-11-21(7-8-23-14)16(22)13-5-3-4-6-17-13/h3-6,9,14H,7-8,10-11H2,1-2H3,(H,18,19)/t14-/m0/s1. The van der Waals surface area contributed by atoms with Crippen molar-refractivity contribution in [3.63, 3.8) is 0 Å². The Morgan fingerprint density at radius 3 is 3.04 bits per heavy atom. The fourth-order valence-electron chi connectivity index (χ4n) is 2.61. The first-order valence-electron chi connectivity index (χ1n) is 7.64. The Morgan fingerprint density at radius 2 is 2.30 bits per heavy atom. The van der Waals surface area contributed by atoms with Crippen LogP contribution in [0.15, 0.2) is 30.6 Å². The van der Waals surface area contributed by atoms with Gasteiger partial charge in [-0.05, 0) is 26.2 Å². The first kappa shape index (κ1) is 15.6. The van der Waals surface area contributed by atoms with Gasteiger partial charge < -0.3 is 19.5 Å². The van der Waals surface area contributed by atoms with Gasteiger partial charge in [-0.15, -0.1) is 0 Å². The van der Waals surface area contributed by atoms with Gasteiger partial charge in [0.15, 0.2) is 0 Å². The highest BCUT2D eigenvalue weighted by molar-refractivity contribution is 5.92. The van der Waals surface area contributed by atoms with Crippen LogP contribution in [-0.2, 0) is 11.3 Å². The number of hydrogen-bond donors (Lipinski definition) is 1. The van der Waals surface area contributed by atoms with E-state index in [9.17, 15) is 4.79 Å². The van der Waals surface area contributed by atoms with Crippen LogP contribution in [0.2, 0.25) is 0 Å². The SMILES string of the molecule is CN(C)Cc1cnc([C@@H]2CN(C(=O)c3ccccn3)CCO2)[nH]1. The molecule has 7 heteroatoms. The van der Waals surface area contributed by atoms with Gasteiger partial charge in [-0.3, -0.25) is 9.78 Å². The molecule has 0 aliphatic carbocycles. The minimum atomic E-state index is -0.229. The highest BCUT2D eigenvalue weighted by Crippen LogP contribution is 2.21. The van der Waals surface area contributed by atoms with Crippen LogP contribution >= 0.6 is 0 Å². The van der Waals surface area contributed by atoms with Crippen molar-refractivity contribution in [2.75, 3.05) is 33.8 Å². The molecule has 3 heterocycles. The summed E-state index contributed by atoms with van der Waals surface area (Å²) in [4.78, 5) is 28.1. The fraction of sp³-hybridized carbons (Fsp3) is 0.438. The predicted molar refractivity (Wildman–Crippen MR) is 84.8 cm³/mol. The van der Waals surface area contributed by atoms with Crippen molar-refractivity contribution in [1.29, 1.82) is 0 Å². The van der Waals surface area contributed by atoms with Crippen LogP contribution in [0, 0.1) is 0 Å². The molecule has 1 N–H and O–H groups in total. The largest absolute Gasteiger partial charge is 0.367 e. The van der Waals surface area contributed by atoms with Gasteiger partial charge in [-0.2, -0.15) is 0 Å². The average Bonchev–Trinajstić information content (AvgIpc) is 3.03. The monoisotopic (exact) mass is 315 g/mol. The van der Waals surface area contributed by atoms with Gasteiger partial charge in [0.05, 0.1) is 13.2 Å². The Labute approximate surface area is 135 Å². The fourth-order valence-corrected chi connectivity index (χ4v) is 2.61. The van der Waals surface area contributed by atoms with Gasteiger partial charge in [0.1, 0.15) is 17.6 Å². The third-order valence-corrected chi connectivity index (χ3v) is 3.68. The molecule has 122 valence electrons. The molecular formula is C16H21N5O2. The van der Waals surface area contributed by atoms with Gasteiger partial charge in [0.25, 0.3) is 5.91 Å². The van der Waals surface area contributed by atoms with Crippen molar-refractivity contribution in [3.8, 4) is 0 Å². The number of amides is 1.